The fraction of sp³-hybridized carbons (Fsp3) is 0.588. The van der Waals surface area contributed by atoms with Gasteiger partial charge in [0, 0.05) is 12.5 Å². The van der Waals surface area contributed by atoms with Gasteiger partial charge in [-0.1, -0.05) is 6.07 Å². The minimum Gasteiger partial charge on any atom is -0.493 e. The van der Waals surface area contributed by atoms with Gasteiger partial charge in [0.15, 0.2) is 5.78 Å². The highest BCUT2D eigenvalue weighted by atomic mass is 16.5. The first-order chi connectivity index (χ1) is 9.65. The molecule has 3 rings (SSSR count). The molecule has 1 aromatic carbocycles. The average Bonchev–Trinajstić information content (AvgIpc) is 2.86. The number of hydrogen-bond acceptors (Lipinski definition) is 3. The lowest BCUT2D eigenvalue weighted by atomic mass is 9.92. The number of aryl methyl sites for hydroxylation is 2. The molecule has 1 fully saturated rings. The van der Waals surface area contributed by atoms with Crippen molar-refractivity contribution < 1.29 is 9.53 Å². The Balaban J connectivity index is 1.86. The Morgan fingerprint density at radius 3 is 2.75 bits per heavy atom. The first-order valence-electron chi connectivity index (χ1n) is 7.66. The van der Waals surface area contributed by atoms with E-state index < -0.39 is 0 Å². The van der Waals surface area contributed by atoms with Gasteiger partial charge in [-0.25, -0.2) is 0 Å². The van der Waals surface area contributed by atoms with E-state index in [0.29, 0.717) is 6.61 Å². The van der Waals surface area contributed by atoms with Crippen LogP contribution in [-0.4, -0.2) is 36.9 Å². The second kappa shape index (κ2) is 5.57. The number of rotatable bonds is 2. The third-order valence-electron chi connectivity index (χ3n) is 4.45. The minimum atomic E-state index is 0.0931. The van der Waals surface area contributed by atoms with Crippen LogP contribution in [0.5, 0.6) is 5.75 Å². The highest BCUT2D eigenvalue weighted by Crippen LogP contribution is 2.32. The van der Waals surface area contributed by atoms with E-state index in [9.17, 15) is 4.79 Å². The second-order valence-electron chi connectivity index (χ2n) is 6.16. The molecule has 0 bridgehead atoms. The lowest BCUT2D eigenvalue weighted by molar-refractivity contribution is 0.0883. The first kappa shape index (κ1) is 13.6. The van der Waals surface area contributed by atoms with Crippen molar-refractivity contribution in [3.05, 3.63) is 28.8 Å². The van der Waals surface area contributed by atoms with Crippen LogP contribution in [0.3, 0.4) is 0 Å². The third-order valence-corrected chi connectivity index (χ3v) is 4.45. The number of nitrogens with zero attached hydrogens (tertiary/aromatic N) is 1. The van der Waals surface area contributed by atoms with Crippen molar-refractivity contribution >= 4 is 5.78 Å². The van der Waals surface area contributed by atoms with E-state index >= 15 is 0 Å². The zero-order valence-corrected chi connectivity index (χ0v) is 12.4. The quantitative estimate of drug-likeness (QED) is 0.829. The molecule has 20 heavy (non-hydrogen) atoms. The van der Waals surface area contributed by atoms with Crippen LogP contribution >= 0.6 is 0 Å². The number of likely N-dealkylation sites (tertiary alicyclic amines) is 1. The van der Waals surface area contributed by atoms with Gasteiger partial charge in [-0.2, -0.15) is 0 Å². The van der Waals surface area contributed by atoms with Gasteiger partial charge in [0.1, 0.15) is 5.75 Å². The SMILES string of the molecule is Cc1cc(C)c2c(c1)C(=O)C(CN1CCCC1)CCO2. The van der Waals surface area contributed by atoms with Gasteiger partial charge >= 0.3 is 0 Å². The van der Waals surface area contributed by atoms with Gasteiger partial charge < -0.3 is 9.64 Å². The average molecular weight is 273 g/mol. The molecule has 1 unspecified atom stereocenters. The molecular formula is C17H23NO2. The summed E-state index contributed by atoms with van der Waals surface area (Å²) in [6.07, 6.45) is 3.38. The molecule has 0 aliphatic carbocycles. The number of carbonyl (C=O) groups is 1. The molecule has 0 radical (unpaired) electrons. The number of fused-ring (bicyclic) bond motifs is 1. The maximum atomic E-state index is 12.8. The summed E-state index contributed by atoms with van der Waals surface area (Å²) in [5.74, 6) is 1.18. The van der Waals surface area contributed by atoms with E-state index in [1.807, 2.05) is 19.9 Å². The van der Waals surface area contributed by atoms with Gasteiger partial charge in [0.25, 0.3) is 0 Å². The molecule has 108 valence electrons. The molecule has 0 saturated carbocycles. The molecule has 0 amide bonds. The summed E-state index contributed by atoms with van der Waals surface area (Å²) in [6, 6.07) is 4.08. The summed E-state index contributed by atoms with van der Waals surface area (Å²) < 4.78 is 5.86. The number of benzene rings is 1. The summed E-state index contributed by atoms with van der Waals surface area (Å²) in [5.41, 5.74) is 3.01. The Kier molecular flexibility index (Phi) is 3.79. The molecule has 2 aliphatic rings. The number of ether oxygens (including phenoxy) is 1. The van der Waals surface area contributed by atoms with Crippen molar-refractivity contribution in [3.63, 3.8) is 0 Å². The highest BCUT2D eigenvalue weighted by Gasteiger charge is 2.29. The summed E-state index contributed by atoms with van der Waals surface area (Å²) in [6.45, 7) is 7.91. The van der Waals surface area contributed by atoms with E-state index in [2.05, 4.69) is 11.0 Å². The molecule has 0 N–H and O–H groups in total. The predicted molar refractivity (Wildman–Crippen MR) is 79.5 cm³/mol. The van der Waals surface area contributed by atoms with Crippen LogP contribution < -0.4 is 4.74 Å². The number of ketones is 1. The Morgan fingerprint density at radius 2 is 2.00 bits per heavy atom. The maximum Gasteiger partial charge on any atom is 0.171 e. The van der Waals surface area contributed by atoms with Gasteiger partial charge in [-0.3, -0.25) is 4.79 Å². The van der Waals surface area contributed by atoms with E-state index in [1.54, 1.807) is 0 Å². The van der Waals surface area contributed by atoms with Crippen molar-refractivity contribution in [3.8, 4) is 5.75 Å². The van der Waals surface area contributed by atoms with Crippen LogP contribution in [0, 0.1) is 19.8 Å². The van der Waals surface area contributed by atoms with Crippen LogP contribution in [0.1, 0.15) is 40.7 Å². The number of hydrogen-bond donors (Lipinski definition) is 0. The van der Waals surface area contributed by atoms with Crippen LogP contribution in [0.15, 0.2) is 12.1 Å². The van der Waals surface area contributed by atoms with Crippen LogP contribution in [0.4, 0.5) is 0 Å². The Bertz CT molecular complexity index is 518. The standard InChI is InChI=1S/C17H23NO2/c1-12-9-13(2)17-15(10-12)16(19)14(5-8-20-17)11-18-6-3-4-7-18/h9-10,14H,3-8,11H2,1-2H3. The van der Waals surface area contributed by atoms with E-state index in [-0.39, 0.29) is 11.7 Å². The molecule has 2 heterocycles. The van der Waals surface area contributed by atoms with Crippen molar-refractivity contribution in [2.75, 3.05) is 26.2 Å². The van der Waals surface area contributed by atoms with Crippen molar-refractivity contribution in [1.29, 1.82) is 0 Å². The summed E-state index contributed by atoms with van der Waals surface area (Å²) in [5, 5.41) is 0. The molecular weight excluding hydrogens is 250 g/mol. The summed E-state index contributed by atoms with van der Waals surface area (Å²) >= 11 is 0. The third kappa shape index (κ3) is 2.59. The number of carbonyl (C=O) groups excluding carboxylic acids is 1. The van der Waals surface area contributed by atoms with Gasteiger partial charge in [-0.05, 0) is 63.4 Å². The summed E-state index contributed by atoms with van der Waals surface area (Å²) in [7, 11) is 0. The topological polar surface area (TPSA) is 29.5 Å². The van der Waals surface area contributed by atoms with Crippen molar-refractivity contribution in [1.82, 2.24) is 4.90 Å². The normalized spacial score (nSPS) is 23.3. The molecule has 3 heteroatoms. The minimum absolute atomic E-state index is 0.0931. The van der Waals surface area contributed by atoms with Gasteiger partial charge in [-0.15, -0.1) is 0 Å². The fourth-order valence-corrected chi connectivity index (χ4v) is 3.43. The van der Waals surface area contributed by atoms with Crippen LogP contribution in [0.25, 0.3) is 0 Å². The summed E-state index contributed by atoms with van der Waals surface area (Å²) in [4.78, 5) is 15.2. The molecule has 0 spiro atoms. The van der Waals surface area contributed by atoms with E-state index in [1.165, 1.54) is 12.8 Å². The largest absolute Gasteiger partial charge is 0.493 e. The maximum absolute atomic E-state index is 12.8. The van der Waals surface area contributed by atoms with Crippen molar-refractivity contribution in [2.24, 2.45) is 5.92 Å². The Labute approximate surface area is 120 Å². The zero-order chi connectivity index (χ0) is 14.1. The lowest BCUT2D eigenvalue weighted by Gasteiger charge is -2.20. The molecule has 2 aliphatic heterocycles. The smallest absolute Gasteiger partial charge is 0.171 e. The Hall–Kier alpha value is -1.35. The molecule has 3 nitrogen and oxygen atoms in total. The first-order valence-corrected chi connectivity index (χ1v) is 7.66. The zero-order valence-electron chi connectivity index (χ0n) is 12.4. The monoisotopic (exact) mass is 273 g/mol. The van der Waals surface area contributed by atoms with Crippen molar-refractivity contribution in [2.45, 2.75) is 33.1 Å². The molecule has 0 aromatic heterocycles. The predicted octanol–water partition coefficient (Wildman–Crippen LogP) is 2.98. The second-order valence-corrected chi connectivity index (χ2v) is 6.16. The van der Waals surface area contributed by atoms with Crippen LogP contribution in [-0.2, 0) is 0 Å². The molecule has 1 aromatic rings. The fourth-order valence-electron chi connectivity index (χ4n) is 3.43. The Morgan fingerprint density at radius 1 is 1.25 bits per heavy atom. The van der Waals surface area contributed by atoms with Gasteiger partial charge in [0.05, 0.1) is 12.2 Å². The highest BCUT2D eigenvalue weighted by molar-refractivity contribution is 6.01. The van der Waals surface area contributed by atoms with Crippen LogP contribution in [0.2, 0.25) is 0 Å². The van der Waals surface area contributed by atoms with Gasteiger partial charge in [0.2, 0.25) is 0 Å². The van der Waals surface area contributed by atoms with E-state index in [0.717, 1.165) is 48.5 Å². The molecule has 1 saturated heterocycles. The lowest BCUT2D eigenvalue weighted by Crippen LogP contribution is -2.31. The molecule has 1 atom stereocenters. The number of Topliss-reactive ketones (excluding diaryl/α,β-unsaturated/α-hetero) is 1. The van der Waals surface area contributed by atoms with E-state index in [4.69, 9.17) is 4.74 Å².